The van der Waals surface area contributed by atoms with Crippen LogP contribution in [0.1, 0.15) is 12.8 Å². The van der Waals surface area contributed by atoms with Gasteiger partial charge in [-0.25, -0.2) is 9.59 Å². The molecule has 752 valence electrons. The van der Waals surface area contributed by atoms with Gasteiger partial charge in [-0.1, -0.05) is 0 Å². The molecule has 6 nitrogen and oxygen atoms in total. The first kappa shape index (κ1) is 119. The minimum atomic E-state index is -10.8. The van der Waals surface area contributed by atoms with Crippen molar-refractivity contribution in [1.29, 1.82) is 0 Å². The van der Waals surface area contributed by atoms with Crippen molar-refractivity contribution in [3.05, 3.63) is 12.2 Å². The number of hydrogen-bond acceptors (Lipinski definition) is 6. The highest BCUT2D eigenvalue weighted by molar-refractivity contribution is 5.91. The highest BCUT2D eigenvalue weighted by Gasteiger charge is 3.06. The first-order chi connectivity index (χ1) is 53.3. The molecular formula is C46H14F74O6. The zero-order valence-corrected chi connectivity index (χ0v) is 54.6. The van der Waals surface area contributed by atoms with Crippen LogP contribution in [0.3, 0.4) is 0 Å². The molecule has 2 unspecified atom stereocenters. The van der Waals surface area contributed by atoms with Gasteiger partial charge in [-0.2, -0.15) is 325 Å². The molecule has 0 aromatic heterocycles. The van der Waals surface area contributed by atoms with Crippen LogP contribution in [0.25, 0.3) is 0 Å². The van der Waals surface area contributed by atoms with E-state index in [0.717, 1.165) is 0 Å². The third-order valence-corrected chi connectivity index (χ3v) is 15.6. The molecule has 0 bridgehead atoms. The molecule has 0 saturated carbocycles. The van der Waals surface area contributed by atoms with Gasteiger partial charge in [0.1, 0.15) is 13.2 Å². The lowest BCUT2D eigenvalue weighted by molar-refractivity contribution is -0.493. The van der Waals surface area contributed by atoms with Crippen molar-refractivity contribution in [1.82, 2.24) is 0 Å². The maximum absolute atomic E-state index is 14.4. The van der Waals surface area contributed by atoms with E-state index in [1.807, 2.05) is 0 Å². The first-order valence-corrected chi connectivity index (χ1v) is 27.6. The molecule has 0 rings (SSSR count). The largest absolute Gasteiger partial charge is 0.460 e. The van der Waals surface area contributed by atoms with Gasteiger partial charge in [0.25, 0.3) is 0 Å². The van der Waals surface area contributed by atoms with Crippen LogP contribution in [0.15, 0.2) is 12.2 Å². The Kier molecular flexibility index (Phi) is 29.4. The molecule has 2 atom stereocenters. The van der Waals surface area contributed by atoms with Gasteiger partial charge in [0.2, 0.25) is 0 Å². The lowest BCUT2D eigenvalue weighted by atomic mass is 9.82. The molecule has 2 N–H and O–H groups in total. The van der Waals surface area contributed by atoms with Gasteiger partial charge < -0.3 is 19.7 Å². The predicted molar refractivity (Wildman–Crippen MR) is 233 cm³/mol. The minimum Gasteiger partial charge on any atom is -0.460 e. The van der Waals surface area contributed by atoms with Crippen molar-refractivity contribution >= 4 is 11.9 Å². The average Bonchev–Trinajstić information content (AvgIpc) is 0.676. The number of halogens is 74. The number of rotatable bonds is 42. The topological polar surface area (TPSA) is 93.1 Å². The van der Waals surface area contributed by atoms with Crippen molar-refractivity contribution in [3.63, 3.8) is 0 Å². The summed E-state index contributed by atoms with van der Waals surface area (Å²) in [5, 5.41) is 18.7. The summed E-state index contributed by atoms with van der Waals surface area (Å²) in [5.41, 5.74) is 0. The predicted octanol–water partition coefficient (Wildman–Crippen LogP) is 22.9. The molecule has 0 spiro atoms. The highest BCUT2D eigenvalue weighted by atomic mass is 19.5. The van der Waals surface area contributed by atoms with E-state index in [1.165, 1.54) is 0 Å². The average molecular weight is 2070 g/mol. The van der Waals surface area contributed by atoms with E-state index in [9.17, 15) is 345 Å². The Morgan fingerprint density at radius 2 is 0.254 bits per heavy atom. The Bertz CT molecular complexity index is 3630. The van der Waals surface area contributed by atoms with E-state index in [-0.39, 0.29) is 0 Å². The van der Waals surface area contributed by atoms with Crippen LogP contribution in [-0.2, 0) is 19.1 Å². The lowest BCUT2D eigenvalue weighted by Crippen LogP contribution is -2.80. The number of carbonyl (C=O) groups excluding carboxylic acids is 2. The number of aliphatic hydroxyl groups excluding tert-OH is 2. The molecule has 80 heteroatoms. The van der Waals surface area contributed by atoms with Crippen molar-refractivity contribution in [2.75, 3.05) is 13.2 Å². The highest BCUT2D eigenvalue weighted by Crippen LogP contribution is 2.75. The molecule has 126 heavy (non-hydrogen) atoms. The number of alkyl halides is 74. The van der Waals surface area contributed by atoms with Crippen LogP contribution in [0, 0.1) is 0 Å². The van der Waals surface area contributed by atoms with Gasteiger partial charge in [0.15, 0.2) is 0 Å². The van der Waals surface area contributed by atoms with Crippen molar-refractivity contribution in [3.8, 4) is 0 Å². The number of carbonyl (C=O) groups is 2. The van der Waals surface area contributed by atoms with Crippen molar-refractivity contribution in [2.24, 2.45) is 0 Å². The second-order valence-corrected chi connectivity index (χ2v) is 24.1. The molecule has 0 heterocycles. The molecule has 0 fully saturated rings. The van der Waals surface area contributed by atoms with E-state index in [4.69, 9.17) is 0 Å². The standard InChI is InChI=1S/C46H14F74O6/c47-11(48,13(51,52)15(55,56)17(59,60)19(63,64)21(67,68)23(71,72)25(75,76)27(79,80)29(83,84)31(87,88)33(91,92)35(95,96)37(99,100)39(103,104)41(107,108)43(111,112)45(115,116)117)3-7(121)5-125-9(123)1-2-10(124)126-6-8(122)4-12(49,50)14(53,54)16(57,58)18(61,62)20(65,66)22(69,70)24(73,74)26(77,78)28(81,82)30(85,86)32(89,90)34(93,94)36(97,98)38(101,102)40(105,106)42(109,110)44(113,114)46(118,119)120/h1-2,7-8,121-122H,3-6H2/b2-1-. The van der Waals surface area contributed by atoms with E-state index < -0.39 is 276 Å². The van der Waals surface area contributed by atoms with Crippen LogP contribution in [0.4, 0.5) is 325 Å². The summed E-state index contributed by atoms with van der Waals surface area (Å²) in [6.45, 7) is -6.02. The molecular weight excluding hydrogens is 2050 g/mol. The third-order valence-electron chi connectivity index (χ3n) is 15.6. The van der Waals surface area contributed by atoms with Gasteiger partial charge in [0.05, 0.1) is 12.2 Å². The van der Waals surface area contributed by atoms with Gasteiger partial charge in [0, 0.05) is 25.0 Å². The maximum Gasteiger partial charge on any atom is 0.460 e. The molecule has 0 aromatic carbocycles. The Labute approximate surface area is 631 Å². The van der Waals surface area contributed by atoms with Gasteiger partial charge in [-0.15, -0.1) is 0 Å². The molecule has 0 aromatic rings. The number of esters is 2. The Hall–Kier alpha value is -6.58. The lowest BCUT2D eigenvalue weighted by Gasteiger charge is -2.47. The van der Waals surface area contributed by atoms with Crippen LogP contribution < -0.4 is 0 Å². The summed E-state index contributed by atoms with van der Waals surface area (Å²) in [6, 6.07) is 0. The minimum absolute atomic E-state index is 1.03. The number of ether oxygens (including phenoxy) is 2. The summed E-state index contributed by atoms with van der Waals surface area (Å²) in [5.74, 6) is -351. The Balaban J connectivity index is 7.13. The smallest absolute Gasteiger partial charge is 0.460 e. The fraction of sp³-hybridized carbons (Fsp3) is 0.913. The van der Waals surface area contributed by atoms with E-state index >= 15 is 0 Å². The molecule has 0 saturated heterocycles. The monoisotopic (exact) mass is 2070 g/mol. The van der Waals surface area contributed by atoms with Crippen LogP contribution >= 0.6 is 0 Å². The van der Waals surface area contributed by atoms with Crippen LogP contribution in [0.2, 0.25) is 0 Å². The number of aliphatic hydroxyl groups is 2. The molecule has 0 aliphatic carbocycles. The van der Waals surface area contributed by atoms with Gasteiger partial charge in [-0.3, -0.25) is 0 Å². The van der Waals surface area contributed by atoms with Gasteiger partial charge >= 0.3 is 226 Å². The second-order valence-electron chi connectivity index (χ2n) is 24.1. The summed E-state index contributed by atoms with van der Waals surface area (Å²) in [6.07, 6.45) is -36.8. The van der Waals surface area contributed by atoms with Gasteiger partial charge in [-0.05, 0) is 0 Å². The Morgan fingerprint density at radius 1 is 0.167 bits per heavy atom. The van der Waals surface area contributed by atoms with E-state index in [0.29, 0.717) is 0 Å². The normalized spacial score (nSPS) is 17.5. The zero-order valence-electron chi connectivity index (χ0n) is 54.6. The van der Waals surface area contributed by atoms with E-state index in [1.54, 1.807) is 0 Å². The second kappa shape index (κ2) is 31.0. The summed E-state index contributed by atoms with van der Waals surface area (Å²) >= 11 is 0. The fourth-order valence-electron chi connectivity index (χ4n) is 7.89. The van der Waals surface area contributed by atoms with Crippen LogP contribution in [-0.4, -0.2) is 261 Å². The zero-order chi connectivity index (χ0) is 104. The SMILES string of the molecule is O=C(/C=C\C(=O)OCC(O)CC(F)(F)C(F)(F)C(F)(F)C(F)(F)C(F)(F)C(F)(F)C(F)(F)C(F)(F)C(F)(F)C(F)(F)C(F)(F)C(F)(F)C(F)(F)C(F)(F)C(F)(F)C(F)(F)C(F)(F)C(F)(F)F)OCC(O)CC(F)(F)C(F)(F)C(F)(F)C(F)(F)C(F)(F)C(F)(F)C(F)(F)C(F)(F)C(F)(F)C(F)(F)C(F)(F)C(F)(F)C(F)(F)C(F)(F)C(F)(F)C(F)(F)C(F)(F)C(F)(F)F. The molecule has 0 aliphatic heterocycles. The fourth-order valence-corrected chi connectivity index (χ4v) is 7.89. The molecule has 0 radical (unpaired) electrons. The first-order valence-electron chi connectivity index (χ1n) is 27.6. The summed E-state index contributed by atoms with van der Waals surface area (Å²) in [7, 11) is 0. The Morgan fingerprint density at radius 3 is 0.349 bits per heavy atom. The summed E-state index contributed by atoms with van der Waals surface area (Å²) < 4.78 is 1040. The quantitative estimate of drug-likeness (QED) is 0.0359. The third kappa shape index (κ3) is 15.1. The summed E-state index contributed by atoms with van der Waals surface area (Å²) in [4.78, 5) is 23.3. The van der Waals surface area contributed by atoms with Crippen LogP contribution in [0.5, 0.6) is 0 Å². The molecule has 0 amide bonds. The van der Waals surface area contributed by atoms with Crippen molar-refractivity contribution in [2.45, 2.75) is 239 Å². The maximum atomic E-state index is 14.4. The van der Waals surface area contributed by atoms with Crippen molar-refractivity contribution < 1.29 is 354 Å². The number of hydrogen-bond donors (Lipinski definition) is 2. The van der Waals surface area contributed by atoms with E-state index in [2.05, 4.69) is 9.47 Å². The molecule has 0 aliphatic rings.